The first-order valence-corrected chi connectivity index (χ1v) is 8.35. The van der Waals surface area contributed by atoms with Gasteiger partial charge in [-0.1, -0.05) is 24.7 Å². The van der Waals surface area contributed by atoms with Gasteiger partial charge in [0.05, 0.1) is 25.2 Å². The molecule has 0 saturated carbocycles. The van der Waals surface area contributed by atoms with Crippen LogP contribution in [0, 0.1) is 10.1 Å². The number of aromatic nitrogens is 2. The normalized spacial score (nSPS) is 10.4. The summed E-state index contributed by atoms with van der Waals surface area (Å²) in [7, 11) is 2.75. The Bertz CT molecular complexity index is 777. The third-order valence-electron chi connectivity index (χ3n) is 3.37. The first-order valence-electron chi connectivity index (χ1n) is 7.54. The number of anilines is 1. The van der Waals surface area contributed by atoms with Gasteiger partial charge in [0, 0.05) is 12.5 Å². The Morgan fingerprint density at radius 1 is 1.28 bits per heavy atom. The van der Waals surface area contributed by atoms with E-state index >= 15 is 0 Å². The van der Waals surface area contributed by atoms with Crippen molar-refractivity contribution in [2.24, 2.45) is 0 Å². The van der Waals surface area contributed by atoms with Crippen molar-refractivity contribution in [3.8, 4) is 11.5 Å². The Hall–Kier alpha value is -2.75. The number of hydrogen-bond donors (Lipinski definition) is 1. The summed E-state index contributed by atoms with van der Waals surface area (Å²) in [6.07, 6.45) is 2.78. The molecule has 1 aromatic heterocycles. The van der Waals surface area contributed by atoms with E-state index in [9.17, 15) is 14.9 Å². The third kappa shape index (κ3) is 4.41. The van der Waals surface area contributed by atoms with Gasteiger partial charge in [-0.3, -0.25) is 20.2 Å². The van der Waals surface area contributed by atoms with E-state index in [-0.39, 0.29) is 22.7 Å². The SMILES string of the molecule is CCCCc1nnc(NC(=O)c2cc(OC)c(OC)cc2[N+](=O)[O-])s1. The fourth-order valence-electron chi connectivity index (χ4n) is 2.10. The van der Waals surface area contributed by atoms with E-state index in [4.69, 9.17) is 9.47 Å². The molecule has 1 amide bonds. The summed E-state index contributed by atoms with van der Waals surface area (Å²) >= 11 is 1.25. The molecule has 2 rings (SSSR count). The number of unbranched alkanes of at least 4 members (excludes halogenated alkanes) is 1. The van der Waals surface area contributed by atoms with Crippen LogP contribution in [0.25, 0.3) is 0 Å². The molecule has 0 fully saturated rings. The van der Waals surface area contributed by atoms with Gasteiger partial charge >= 0.3 is 0 Å². The molecule has 1 N–H and O–H groups in total. The maximum Gasteiger partial charge on any atom is 0.286 e. The zero-order valence-corrected chi connectivity index (χ0v) is 14.9. The molecule has 0 radical (unpaired) electrons. The van der Waals surface area contributed by atoms with Crippen molar-refractivity contribution in [1.82, 2.24) is 10.2 Å². The second kappa shape index (κ2) is 8.38. The summed E-state index contributed by atoms with van der Waals surface area (Å²) in [5.74, 6) is -0.270. The number of nitro benzene ring substituents is 1. The highest BCUT2D eigenvalue weighted by molar-refractivity contribution is 7.15. The van der Waals surface area contributed by atoms with Crippen molar-refractivity contribution in [3.05, 3.63) is 32.8 Å². The highest BCUT2D eigenvalue weighted by Crippen LogP contribution is 2.35. The number of rotatable bonds is 8. The predicted octanol–water partition coefficient (Wildman–Crippen LogP) is 3.06. The van der Waals surface area contributed by atoms with Crippen LogP contribution in [0.3, 0.4) is 0 Å². The summed E-state index contributed by atoms with van der Waals surface area (Å²) in [4.78, 5) is 23.1. The molecular formula is C15H18N4O5S. The molecule has 25 heavy (non-hydrogen) atoms. The molecule has 0 saturated heterocycles. The standard InChI is InChI=1S/C15H18N4O5S/c1-4-5-6-13-17-18-15(25-13)16-14(20)9-7-11(23-2)12(24-3)8-10(9)19(21)22/h7-8H,4-6H2,1-3H3,(H,16,18,20). The summed E-state index contributed by atoms with van der Waals surface area (Å²) in [5, 5.41) is 22.8. The van der Waals surface area contributed by atoms with Crippen molar-refractivity contribution < 1.29 is 19.2 Å². The molecule has 134 valence electrons. The van der Waals surface area contributed by atoms with Gasteiger partial charge in [0.15, 0.2) is 11.5 Å². The van der Waals surface area contributed by atoms with Gasteiger partial charge in [-0.15, -0.1) is 10.2 Å². The zero-order valence-electron chi connectivity index (χ0n) is 14.1. The predicted molar refractivity (Wildman–Crippen MR) is 92.7 cm³/mol. The van der Waals surface area contributed by atoms with Gasteiger partial charge in [0.25, 0.3) is 11.6 Å². The molecule has 1 aromatic carbocycles. The Morgan fingerprint density at radius 2 is 1.96 bits per heavy atom. The lowest BCUT2D eigenvalue weighted by Crippen LogP contribution is -2.14. The number of ether oxygens (including phenoxy) is 2. The summed E-state index contributed by atoms with van der Waals surface area (Å²) in [6, 6.07) is 2.42. The molecule has 10 heteroatoms. The van der Waals surface area contributed by atoms with Crippen LogP contribution in [-0.4, -0.2) is 35.2 Å². The number of benzene rings is 1. The molecule has 0 spiro atoms. The minimum Gasteiger partial charge on any atom is -0.493 e. The average molecular weight is 366 g/mol. The summed E-state index contributed by atoms with van der Waals surface area (Å²) in [6.45, 7) is 2.07. The minimum absolute atomic E-state index is 0.145. The van der Waals surface area contributed by atoms with Crippen LogP contribution in [0.2, 0.25) is 0 Å². The van der Waals surface area contributed by atoms with Gasteiger partial charge in [0.2, 0.25) is 5.13 Å². The van der Waals surface area contributed by atoms with Gasteiger partial charge in [-0.25, -0.2) is 0 Å². The minimum atomic E-state index is -0.661. The highest BCUT2D eigenvalue weighted by atomic mass is 32.1. The van der Waals surface area contributed by atoms with E-state index in [0.29, 0.717) is 5.13 Å². The fraction of sp³-hybridized carbons (Fsp3) is 0.400. The first-order chi connectivity index (χ1) is 12.0. The van der Waals surface area contributed by atoms with Gasteiger partial charge < -0.3 is 9.47 Å². The van der Waals surface area contributed by atoms with E-state index in [1.807, 2.05) is 0 Å². The number of nitrogens with one attached hydrogen (secondary N) is 1. The largest absolute Gasteiger partial charge is 0.493 e. The fourth-order valence-corrected chi connectivity index (χ4v) is 2.88. The van der Waals surface area contributed by atoms with Crippen LogP contribution in [0.4, 0.5) is 10.8 Å². The summed E-state index contributed by atoms with van der Waals surface area (Å²) in [5.41, 5.74) is -0.529. The smallest absolute Gasteiger partial charge is 0.286 e. The second-order valence-electron chi connectivity index (χ2n) is 5.04. The number of hydrogen-bond acceptors (Lipinski definition) is 8. The monoisotopic (exact) mass is 366 g/mol. The number of amides is 1. The van der Waals surface area contributed by atoms with Crippen LogP contribution < -0.4 is 14.8 Å². The highest BCUT2D eigenvalue weighted by Gasteiger charge is 2.25. The molecule has 0 aliphatic rings. The zero-order chi connectivity index (χ0) is 18.4. The van der Waals surface area contributed by atoms with E-state index in [2.05, 4.69) is 22.4 Å². The maximum atomic E-state index is 12.5. The Morgan fingerprint density at radius 3 is 2.56 bits per heavy atom. The average Bonchev–Trinajstić information content (AvgIpc) is 3.05. The topological polar surface area (TPSA) is 116 Å². The number of nitrogens with zero attached hydrogens (tertiary/aromatic N) is 3. The molecule has 0 aliphatic heterocycles. The number of carbonyl (C=O) groups is 1. The van der Waals surface area contributed by atoms with Crippen molar-refractivity contribution in [1.29, 1.82) is 0 Å². The van der Waals surface area contributed by atoms with E-state index in [1.165, 1.54) is 31.6 Å². The lowest BCUT2D eigenvalue weighted by Gasteiger charge is -2.10. The molecule has 0 atom stereocenters. The van der Waals surface area contributed by atoms with Crippen LogP contribution in [0.1, 0.15) is 35.1 Å². The van der Waals surface area contributed by atoms with Crippen LogP contribution >= 0.6 is 11.3 Å². The van der Waals surface area contributed by atoms with E-state index in [1.54, 1.807) is 0 Å². The maximum absolute atomic E-state index is 12.5. The molecule has 2 aromatic rings. The van der Waals surface area contributed by atoms with E-state index < -0.39 is 10.8 Å². The third-order valence-corrected chi connectivity index (χ3v) is 4.27. The number of aryl methyl sites for hydroxylation is 1. The first kappa shape index (κ1) is 18.6. The van der Waals surface area contributed by atoms with Crippen molar-refractivity contribution >= 4 is 28.1 Å². The molecule has 0 unspecified atom stereocenters. The lowest BCUT2D eigenvalue weighted by atomic mass is 10.1. The Kier molecular flexibility index (Phi) is 6.23. The lowest BCUT2D eigenvalue weighted by molar-refractivity contribution is -0.385. The number of nitro groups is 1. The number of carbonyl (C=O) groups excluding carboxylic acids is 1. The van der Waals surface area contributed by atoms with Gasteiger partial charge in [-0.05, 0) is 6.42 Å². The Balaban J connectivity index is 2.28. The van der Waals surface area contributed by atoms with Crippen LogP contribution in [0.15, 0.2) is 12.1 Å². The molecule has 0 bridgehead atoms. The molecule has 9 nitrogen and oxygen atoms in total. The van der Waals surface area contributed by atoms with Crippen molar-refractivity contribution in [3.63, 3.8) is 0 Å². The Labute approximate surface area is 148 Å². The van der Waals surface area contributed by atoms with Gasteiger partial charge in [-0.2, -0.15) is 0 Å². The second-order valence-corrected chi connectivity index (χ2v) is 6.10. The quantitative estimate of drug-likeness (QED) is 0.563. The summed E-state index contributed by atoms with van der Waals surface area (Å²) < 4.78 is 10.1. The number of methoxy groups -OCH3 is 2. The van der Waals surface area contributed by atoms with Crippen molar-refractivity contribution in [2.75, 3.05) is 19.5 Å². The molecule has 1 heterocycles. The van der Waals surface area contributed by atoms with Crippen LogP contribution in [-0.2, 0) is 6.42 Å². The van der Waals surface area contributed by atoms with Gasteiger partial charge in [0.1, 0.15) is 10.6 Å². The molecular weight excluding hydrogens is 348 g/mol. The van der Waals surface area contributed by atoms with Crippen LogP contribution in [0.5, 0.6) is 11.5 Å². The van der Waals surface area contributed by atoms with E-state index in [0.717, 1.165) is 30.3 Å². The van der Waals surface area contributed by atoms with Crippen molar-refractivity contribution in [2.45, 2.75) is 26.2 Å². The molecule has 0 aliphatic carbocycles.